The van der Waals surface area contributed by atoms with Crippen LogP contribution in [0.5, 0.6) is 0 Å². The number of carbonyl (C=O) groups is 1. The number of hydrogen-bond donors (Lipinski definition) is 2. The molecule has 7 heteroatoms. The van der Waals surface area contributed by atoms with Crippen LogP contribution < -0.4 is 10.6 Å². The molecule has 0 unspecified atom stereocenters. The van der Waals surface area contributed by atoms with Gasteiger partial charge in [-0.05, 0) is 23.8 Å². The molecule has 150 valence electrons. The van der Waals surface area contributed by atoms with Gasteiger partial charge in [-0.3, -0.25) is 14.9 Å². The Labute approximate surface area is 171 Å². The highest BCUT2D eigenvalue weighted by Gasteiger charge is 2.71. The highest BCUT2D eigenvalue weighted by Crippen LogP contribution is 2.50. The number of hydrogen-bond acceptors (Lipinski definition) is 3. The molecule has 3 aromatic rings. The molecule has 1 saturated heterocycles. The van der Waals surface area contributed by atoms with E-state index in [1.165, 1.54) is 18.2 Å². The molecule has 0 aliphatic carbocycles. The van der Waals surface area contributed by atoms with Gasteiger partial charge in [0.05, 0.1) is 5.69 Å². The van der Waals surface area contributed by atoms with Crippen LogP contribution >= 0.6 is 0 Å². The Morgan fingerprint density at radius 1 is 0.967 bits per heavy atom. The van der Waals surface area contributed by atoms with Gasteiger partial charge in [-0.1, -0.05) is 60.7 Å². The molecule has 6 nitrogen and oxygen atoms in total. The average molecular weight is 404 g/mol. The summed E-state index contributed by atoms with van der Waals surface area (Å²) in [6.45, 7) is 0. The lowest BCUT2D eigenvalue weighted by Gasteiger charge is -2.26. The van der Waals surface area contributed by atoms with Gasteiger partial charge in [0.25, 0.3) is 11.9 Å². The van der Waals surface area contributed by atoms with Crippen molar-refractivity contribution in [3.63, 3.8) is 0 Å². The van der Waals surface area contributed by atoms with Crippen molar-refractivity contribution in [2.45, 2.75) is 23.5 Å². The van der Waals surface area contributed by atoms with Crippen LogP contribution in [0.1, 0.15) is 28.7 Å². The number of nitrogens with one attached hydrogen (secondary N) is 1. The SMILES string of the molecule is O=C1Nc2ccc(F)cc2[C@@]12[NH2+][C@@H](c1ccccc1)[C@H]([N+](=O)[O-])[C@H]2c1ccccc1. The number of halogens is 1. The van der Waals surface area contributed by atoms with Crippen molar-refractivity contribution >= 4 is 11.6 Å². The molecule has 0 saturated carbocycles. The van der Waals surface area contributed by atoms with Crippen LogP contribution in [0.3, 0.4) is 0 Å². The van der Waals surface area contributed by atoms with E-state index >= 15 is 0 Å². The van der Waals surface area contributed by atoms with E-state index in [2.05, 4.69) is 5.32 Å². The van der Waals surface area contributed by atoms with Crippen LogP contribution in [0.4, 0.5) is 10.1 Å². The summed E-state index contributed by atoms with van der Waals surface area (Å²) in [6.07, 6.45) is 0. The maximum absolute atomic E-state index is 14.2. The Bertz CT molecular complexity index is 1140. The number of nitrogens with zero attached hydrogens (tertiary/aromatic N) is 1. The lowest BCUT2D eigenvalue weighted by molar-refractivity contribution is -0.749. The number of nitro groups is 1. The van der Waals surface area contributed by atoms with Crippen molar-refractivity contribution < 1.29 is 19.4 Å². The summed E-state index contributed by atoms with van der Waals surface area (Å²) in [5.74, 6) is -1.62. The summed E-state index contributed by atoms with van der Waals surface area (Å²) in [5, 5.41) is 17.0. The number of rotatable bonds is 3. The molecular formula is C23H19FN3O3+. The van der Waals surface area contributed by atoms with Gasteiger partial charge in [0.2, 0.25) is 5.54 Å². The average Bonchev–Trinajstić information content (AvgIpc) is 3.26. The zero-order valence-electron chi connectivity index (χ0n) is 15.9. The summed E-state index contributed by atoms with van der Waals surface area (Å²) in [7, 11) is 0. The quantitative estimate of drug-likeness (QED) is 0.520. The lowest BCUT2D eigenvalue weighted by Crippen LogP contribution is -2.95. The Kier molecular flexibility index (Phi) is 4.15. The van der Waals surface area contributed by atoms with E-state index < -0.39 is 29.4 Å². The predicted molar refractivity (Wildman–Crippen MR) is 108 cm³/mol. The van der Waals surface area contributed by atoms with Gasteiger partial charge < -0.3 is 10.6 Å². The minimum Gasteiger partial charge on any atom is -0.320 e. The third-order valence-electron chi connectivity index (χ3n) is 6.28. The fraction of sp³-hybridized carbons (Fsp3) is 0.174. The van der Waals surface area contributed by atoms with Crippen LogP contribution in [-0.2, 0) is 10.3 Å². The van der Waals surface area contributed by atoms with Crippen molar-refractivity contribution in [2.24, 2.45) is 0 Å². The van der Waals surface area contributed by atoms with Crippen molar-refractivity contribution in [3.05, 3.63) is 111 Å². The summed E-state index contributed by atoms with van der Waals surface area (Å²) in [5.41, 5.74) is 1.05. The van der Waals surface area contributed by atoms with Crippen molar-refractivity contribution in [1.82, 2.24) is 0 Å². The molecule has 0 bridgehead atoms. The van der Waals surface area contributed by atoms with Gasteiger partial charge in [0, 0.05) is 16.1 Å². The number of nitrogens with two attached hydrogens (primary N) is 1. The molecule has 30 heavy (non-hydrogen) atoms. The standard InChI is InChI=1S/C23H18FN3O3/c24-16-11-12-18-17(13-16)23(22(28)25-18)19(14-7-3-1-4-8-14)21(27(29)30)20(26-23)15-9-5-2-6-10-15/h1-13,19-21,26H,(H,25,28)/p+1/t19-,20+,21-,23+/m1/s1. The van der Waals surface area contributed by atoms with E-state index in [9.17, 15) is 19.3 Å². The molecule has 2 aliphatic heterocycles. The normalized spacial score (nSPS) is 27.1. The molecule has 1 amide bonds. The van der Waals surface area contributed by atoms with Gasteiger partial charge in [-0.15, -0.1) is 0 Å². The summed E-state index contributed by atoms with van der Waals surface area (Å²) >= 11 is 0. The molecule has 5 rings (SSSR count). The lowest BCUT2D eigenvalue weighted by atomic mass is 9.74. The largest absolute Gasteiger partial charge is 0.320 e. The Morgan fingerprint density at radius 2 is 1.60 bits per heavy atom. The first-order valence-electron chi connectivity index (χ1n) is 9.73. The first-order chi connectivity index (χ1) is 14.5. The summed E-state index contributed by atoms with van der Waals surface area (Å²) in [4.78, 5) is 25.5. The van der Waals surface area contributed by atoms with Gasteiger partial charge in [0.15, 0.2) is 6.04 Å². The van der Waals surface area contributed by atoms with E-state index in [-0.39, 0.29) is 10.8 Å². The van der Waals surface area contributed by atoms with E-state index in [0.717, 1.165) is 5.56 Å². The number of quaternary nitrogens is 1. The van der Waals surface area contributed by atoms with Crippen molar-refractivity contribution in [3.8, 4) is 0 Å². The minimum atomic E-state index is -1.34. The van der Waals surface area contributed by atoms with Gasteiger partial charge in [-0.25, -0.2) is 4.39 Å². The third kappa shape index (κ3) is 2.55. The molecule has 2 heterocycles. The third-order valence-corrected chi connectivity index (χ3v) is 6.28. The van der Waals surface area contributed by atoms with E-state index in [0.29, 0.717) is 16.8 Å². The summed E-state index contributed by atoms with van der Waals surface area (Å²) < 4.78 is 14.2. The fourth-order valence-electron chi connectivity index (χ4n) is 5.09. The first-order valence-corrected chi connectivity index (χ1v) is 9.73. The number of amides is 1. The second kappa shape index (κ2) is 6.74. The number of anilines is 1. The van der Waals surface area contributed by atoms with Crippen molar-refractivity contribution in [1.29, 1.82) is 0 Å². The molecule has 1 spiro atoms. The second-order valence-electron chi connectivity index (χ2n) is 7.78. The van der Waals surface area contributed by atoms with Gasteiger partial charge >= 0.3 is 0 Å². The van der Waals surface area contributed by atoms with Gasteiger partial charge in [0.1, 0.15) is 11.7 Å². The van der Waals surface area contributed by atoms with Crippen LogP contribution in [0.2, 0.25) is 0 Å². The highest BCUT2D eigenvalue weighted by molar-refractivity contribution is 6.05. The van der Waals surface area contributed by atoms with Crippen LogP contribution in [0.15, 0.2) is 78.9 Å². The molecule has 4 atom stereocenters. The zero-order valence-corrected chi connectivity index (χ0v) is 15.9. The molecule has 0 aromatic heterocycles. The zero-order chi connectivity index (χ0) is 20.9. The Hall–Kier alpha value is -3.58. The maximum atomic E-state index is 14.2. The van der Waals surface area contributed by atoms with E-state index in [4.69, 9.17) is 0 Å². The van der Waals surface area contributed by atoms with Gasteiger partial charge in [-0.2, -0.15) is 0 Å². The molecule has 0 radical (unpaired) electrons. The second-order valence-corrected chi connectivity index (χ2v) is 7.78. The highest BCUT2D eigenvalue weighted by atomic mass is 19.1. The van der Waals surface area contributed by atoms with E-state index in [1.807, 2.05) is 36.4 Å². The Balaban J connectivity index is 1.79. The topological polar surface area (TPSA) is 88.8 Å². The van der Waals surface area contributed by atoms with Crippen LogP contribution in [-0.4, -0.2) is 16.9 Å². The van der Waals surface area contributed by atoms with Crippen LogP contribution in [0.25, 0.3) is 0 Å². The fourth-order valence-corrected chi connectivity index (χ4v) is 5.09. The maximum Gasteiger partial charge on any atom is 0.291 e. The Morgan fingerprint density at radius 3 is 2.23 bits per heavy atom. The minimum absolute atomic E-state index is 0.300. The molecule has 3 aromatic carbocycles. The first kappa shape index (κ1) is 18.4. The number of benzene rings is 3. The molecule has 2 aliphatic rings. The number of carbonyl (C=O) groups excluding carboxylic acids is 1. The predicted octanol–water partition coefficient (Wildman–Crippen LogP) is 2.72. The van der Waals surface area contributed by atoms with Crippen molar-refractivity contribution in [2.75, 3.05) is 5.32 Å². The molecule has 3 N–H and O–H groups in total. The van der Waals surface area contributed by atoms with E-state index in [1.54, 1.807) is 29.6 Å². The van der Waals surface area contributed by atoms with Crippen LogP contribution in [0, 0.1) is 15.9 Å². The summed E-state index contributed by atoms with van der Waals surface area (Å²) in [6, 6.07) is 20.6. The monoisotopic (exact) mass is 404 g/mol. The molecule has 1 fully saturated rings. The molecular weight excluding hydrogens is 385 g/mol. The smallest absolute Gasteiger partial charge is 0.291 e. The number of fused-ring (bicyclic) bond motifs is 2.